The molecule has 0 bridgehead atoms. The molecule has 0 saturated heterocycles. The van der Waals surface area contributed by atoms with Gasteiger partial charge >= 0.3 is 0 Å². The van der Waals surface area contributed by atoms with Crippen molar-refractivity contribution in [2.24, 2.45) is 0 Å². The van der Waals surface area contributed by atoms with Crippen LogP contribution in [0, 0.1) is 0 Å². The summed E-state index contributed by atoms with van der Waals surface area (Å²) >= 11 is 0. The molecule has 3 aromatic rings. The Morgan fingerprint density at radius 2 is 1.54 bits per heavy atom. The highest BCUT2D eigenvalue weighted by Gasteiger charge is 2.25. The molecule has 2 heteroatoms. The lowest BCUT2D eigenvalue weighted by Crippen LogP contribution is -2.28. The van der Waals surface area contributed by atoms with Gasteiger partial charge in [0.1, 0.15) is 6.17 Å². The highest BCUT2D eigenvalue weighted by atomic mass is 15.1. The Hall–Kier alpha value is -2.58. The van der Waals surface area contributed by atoms with Crippen molar-refractivity contribution in [2.45, 2.75) is 19.0 Å². The van der Waals surface area contributed by atoms with Crippen LogP contribution in [-0.2, 0) is 12.8 Å². The van der Waals surface area contributed by atoms with Gasteiger partial charge in [0.2, 0.25) is 0 Å². The highest BCUT2D eigenvalue weighted by molar-refractivity contribution is 5.78. The van der Waals surface area contributed by atoms with Gasteiger partial charge in [-0.05, 0) is 52.3 Å². The van der Waals surface area contributed by atoms with Gasteiger partial charge in [0, 0.05) is 12.2 Å². The molecular formula is C22H20N2. The lowest BCUT2D eigenvalue weighted by molar-refractivity contribution is 0.599. The van der Waals surface area contributed by atoms with E-state index in [2.05, 4.69) is 77.4 Å². The summed E-state index contributed by atoms with van der Waals surface area (Å²) in [6, 6.07) is 24.1. The van der Waals surface area contributed by atoms with E-state index in [9.17, 15) is 0 Å². The summed E-state index contributed by atoms with van der Waals surface area (Å²) in [5.41, 5.74) is 9.70. The van der Waals surface area contributed by atoms with E-state index in [1.165, 1.54) is 39.1 Å². The van der Waals surface area contributed by atoms with Crippen molar-refractivity contribution >= 4 is 5.69 Å². The molecule has 3 aromatic carbocycles. The van der Waals surface area contributed by atoms with E-state index < -0.39 is 0 Å². The summed E-state index contributed by atoms with van der Waals surface area (Å²) < 4.78 is 0. The first-order chi connectivity index (χ1) is 11.9. The number of nitrogens with one attached hydrogen (secondary N) is 2. The maximum atomic E-state index is 3.72. The van der Waals surface area contributed by atoms with Crippen LogP contribution in [0.3, 0.4) is 0 Å². The summed E-state index contributed by atoms with van der Waals surface area (Å²) in [7, 11) is 0. The van der Waals surface area contributed by atoms with Crippen molar-refractivity contribution in [1.29, 1.82) is 0 Å². The molecule has 118 valence electrons. The summed E-state index contributed by atoms with van der Waals surface area (Å²) in [6.07, 6.45) is 2.26. The van der Waals surface area contributed by atoms with Gasteiger partial charge in [-0.15, -0.1) is 0 Å². The average molecular weight is 312 g/mol. The summed E-state index contributed by atoms with van der Waals surface area (Å²) in [5.74, 6) is 0. The Balaban J connectivity index is 1.57. The Labute approximate surface area is 142 Å². The number of hydrogen-bond acceptors (Lipinski definition) is 2. The molecule has 0 amide bonds. The molecule has 1 unspecified atom stereocenters. The first kappa shape index (κ1) is 13.8. The lowest BCUT2D eigenvalue weighted by Gasteiger charge is -2.22. The minimum Gasteiger partial charge on any atom is -0.366 e. The van der Waals surface area contributed by atoms with E-state index >= 15 is 0 Å². The van der Waals surface area contributed by atoms with Gasteiger partial charge in [-0.3, -0.25) is 5.32 Å². The summed E-state index contributed by atoms with van der Waals surface area (Å²) in [4.78, 5) is 0. The molecule has 2 nitrogen and oxygen atoms in total. The quantitative estimate of drug-likeness (QED) is 0.540. The first-order valence-electron chi connectivity index (χ1n) is 8.68. The van der Waals surface area contributed by atoms with Crippen LogP contribution in [0.5, 0.6) is 0 Å². The van der Waals surface area contributed by atoms with Crippen molar-refractivity contribution in [3.8, 4) is 11.1 Å². The van der Waals surface area contributed by atoms with Crippen LogP contribution >= 0.6 is 0 Å². The van der Waals surface area contributed by atoms with Crippen LogP contribution in [-0.4, -0.2) is 6.54 Å². The third-order valence-electron chi connectivity index (χ3n) is 5.26. The molecule has 1 heterocycles. The van der Waals surface area contributed by atoms with Crippen LogP contribution < -0.4 is 10.6 Å². The Morgan fingerprint density at radius 3 is 2.50 bits per heavy atom. The minimum atomic E-state index is 0.165. The third-order valence-corrected chi connectivity index (χ3v) is 5.26. The predicted molar refractivity (Wildman–Crippen MR) is 99.2 cm³/mol. The fraction of sp³-hybridized carbons (Fsp3) is 0.182. The fourth-order valence-electron chi connectivity index (χ4n) is 4.08. The SMILES string of the molecule is c1ccc2c(c1)CCNC(c1cccc3c1Cc1ccccc1-3)N2. The van der Waals surface area contributed by atoms with E-state index in [1.54, 1.807) is 0 Å². The molecule has 2 N–H and O–H groups in total. The maximum Gasteiger partial charge on any atom is 0.103 e. The predicted octanol–water partition coefficient (Wildman–Crippen LogP) is 4.51. The number of benzene rings is 3. The van der Waals surface area contributed by atoms with Gasteiger partial charge in [0.05, 0.1) is 0 Å². The van der Waals surface area contributed by atoms with Crippen molar-refractivity contribution in [3.63, 3.8) is 0 Å². The monoisotopic (exact) mass is 312 g/mol. The normalized spacial score (nSPS) is 18.1. The van der Waals surface area contributed by atoms with Crippen LogP contribution in [0.15, 0.2) is 66.7 Å². The Morgan fingerprint density at radius 1 is 0.750 bits per heavy atom. The smallest absolute Gasteiger partial charge is 0.103 e. The first-order valence-corrected chi connectivity index (χ1v) is 8.68. The second-order valence-electron chi connectivity index (χ2n) is 6.65. The van der Waals surface area contributed by atoms with Crippen LogP contribution in [0.25, 0.3) is 11.1 Å². The molecule has 1 aliphatic heterocycles. The van der Waals surface area contributed by atoms with E-state index in [4.69, 9.17) is 0 Å². The zero-order valence-electron chi connectivity index (χ0n) is 13.5. The molecular weight excluding hydrogens is 292 g/mol. The molecule has 0 radical (unpaired) electrons. The molecule has 5 rings (SSSR count). The van der Waals surface area contributed by atoms with E-state index in [-0.39, 0.29) is 6.17 Å². The van der Waals surface area contributed by atoms with E-state index in [1.807, 2.05) is 0 Å². The Kier molecular flexibility index (Phi) is 3.17. The molecule has 1 aliphatic carbocycles. The van der Waals surface area contributed by atoms with Crippen LogP contribution in [0.4, 0.5) is 5.69 Å². The number of hydrogen-bond donors (Lipinski definition) is 2. The second kappa shape index (κ2) is 5.50. The van der Waals surface area contributed by atoms with E-state index in [0.717, 1.165) is 19.4 Å². The fourth-order valence-corrected chi connectivity index (χ4v) is 4.08. The van der Waals surface area contributed by atoms with Crippen molar-refractivity contribution < 1.29 is 0 Å². The molecule has 0 saturated carbocycles. The number of para-hydroxylation sites is 1. The number of rotatable bonds is 1. The molecule has 0 fully saturated rings. The molecule has 1 atom stereocenters. The van der Waals surface area contributed by atoms with Gasteiger partial charge in [-0.25, -0.2) is 0 Å². The lowest BCUT2D eigenvalue weighted by atomic mass is 9.99. The van der Waals surface area contributed by atoms with Crippen molar-refractivity contribution in [1.82, 2.24) is 5.32 Å². The largest absolute Gasteiger partial charge is 0.366 e. The third kappa shape index (κ3) is 2.15. The molecule has 2 aliphatic rings. The second-order valence-corrected chi connectivity index (χ2v) is 6.65. The zero-order chi connectivity index (χ0) is 15.9. The zero-order valence-corrected chi connectivity index (χ0v) is 13.5. The minimum absolute atomic E-state index is 0.165. The Bertz CT molecular complexity index is 913. The molecule has 0 aromatic heterocycles. The highest BCUT2D eigenvalue weighted by Crippen LogP contribution is 2.40. The van der Waals surface area contributed by atoms with Gasteiger partial charge in [0.25, 0.3) is 0 Å². The van der Waals surface area contributed by atoms with Crippen LogP contribution in [0.1, 0.15) is 28.4 Å². The van der Waals surface area contributed by atoms with Crippen molar-refractivity contribution in [3.05, 3.63) is 89.0 Å². The molecule has 24 heavy (non-hydrogen) atoms. The van der Waals surface area contributed by atoms with Gasteiger partial charge < -0.3 is 5.32 Å². The van der Waals surface area contributed by atoms with Crippen molar-refractivity contribution in [2.75, 3.05) is 11.9 Å². The van der Waals surface area contributed by atoms with E-state index in [0.29, 0.717) is 0 Å². The standard InChI is InChI=1S/C22H20N2/c1-3-8-17-16(7-1)14-20-18(17)9-5-10-19(20)22-23-13-12-15-6-2-4-11-21(15)24-22/h1-11,22-24H,12-14H2. The van der Waals surface area contributed by atoms with Gasteiger partial charge in [-0.2, -0.15) is 0 Å². The summed E-state index contributed by atoms with van der Waals surface area (Å²) in [5, 5.41) is 7.41. The number of fused-ring (bicyclic) bond motifs is 4. The summed E-state index contributed by atoms with van der Waals surface area (Å²) in [6.45, 7) is 0.991. The van der Waals surface area contributed by atoms with Gasteiger partial charge in [-0.1, -0.05) is 60.7 Å². The topological polar surface area (TPSA) is 24.1 Å². The maximum absolute atomic E-state index is 3.72. The average Bonchev–Trinajstić information content (AvgIpc) is 2.87. The van der Waals surface area contributed by atoms with Crippen LogP contribution in [0.2, 0.25) is 0 Å². The molecule has 0 spiro atoms. The van der Waals surface area contributed by atoms with Gasteiger partial charge in [0.15, 0.2) is 0 Å². The number of anilines is 1.